The van der Waals surface area contributed by atoms with E-state index in [4.69, 9.17) is 4.74 Å². The normalized spacial score (nSPS) is 28.3. The van der Waals surface area contributed by atoms with Crippen LogP contribution in [0.5, 0.6) is 5.75 Å². The summed E-state index contributed by atoms with van der Waals surface area (Å²) in [6.07, 6.45) is 3.76. The molecular formula is C17H23FN2O. The van der Waals surface area contributed by atoms with E-state index >= 15 is 0 Å². The number of rotatable bonds is 5. The third kappa shape index (κ3) is 3.06. The quantitative estimate of drug-likeness (QED) is 0.774. The largest absolute Gasteiger partial charge is 0.489 e. The van der Waals surface area contributed by atoms with Crippen LogP contribution < -0.4 is 4.74 Å². The topological polar surface area (TPSA) is 15.5 Å². The van der Waals surface area contributed by atoms with Gasteiger partial charge in [-0.25, -0.2) is 4.39 Å². The highest BCUT2D eigenvalue weighted by atomic mass is 19.1. The van der Waals surface area contributed by atoms with Crippen molar-refractivity contribution in [2.24, 2.45) is 5.92 Å². The molecule has 3 aliphatic rings. The second kappa shape index (κ2) is 5.25. The number of likely N-dealkylation sites (N-methyl/N-ethyl adjacent to an activating group) is 1. The Morgan fingerprint density at radius 2 is 2.14 bits per heavy atom. The Balaban J connectivity index is 1.36. The zero-order valence-corrected chi connectivity index (χ0v) is 12.6. The summed E-state index contributed by atoms with van der Waals surface area (Å²) in [7, 11) is 2.08. The summed E-state index contributed by atoms with van der Waals surface area (Å²) in [6.45, 7) is 4.84. The molecule has 0 aromatic heterocycles. The first-order chi connectivity index (χ1) is 10.2. The van der Waals surface area contributed by atoms with Gasteiger partial charge in [0, 0.05) is 26.2 Å². The van der Waals surface area contributed by atoms with Gasteiger partial charge in [0.1, 0.15) is 6.61 Å². The van der Waals surface area contributed by atoms with Gasteiger partial charge in [0.05, 0.1) is 6.04 Å². The van der Waals surface area contributed by atoms with E-state index in [9.17, 15) is 4.39 Å². The van der Waals surface area contributed by atoms with Crippen LogP contribution in [0.2, 0.25) is 0 Å². The molecule has 0 amide bonds. The first-order valence-electron chi connectivity index (χ1n) is 8.06. The molecule has 1 saturated heterocycles. The molecule has 2 fully saturated rings. The number of fused-ring (bicyclic) bond motifs is 1. The van der Waals surface area contributed by atoms with Gasteiger partial charge < -0.3 is 9.64 Å². The Kier molecular flexibility index (Phi) is 3.38. The molecule has 2 heterocycles. The molecule has 0 spiro atoms. The van der Waals surface area contributed by atoms with Crippen LogP contribution in [0, 0.1) is 11.7 Å². The van der Waals surface area contributed by atoms with Crippen LogP contribution in [0.25, 0.3) is 0 Å². The Bertz CT molecular complexity index is 544. The molecule has 1 saturated carbocycles. The van der Waals surface area contributed by atoms with Crippen LogP contribution in [-0.4, -0.2) is 49.1 Å². The van der Waals surface area contributed by atoms with Crippen LogP contribution >= 0.6 is 0 Å². The van der Waals surface area contributed by atoms with Crippen molar-refractivity contribution < 1.29 is 9.13 Å². The third-order valence-electron chi connectivity index (χ3n) is 4.91. The molecule has 2 atom stereocenters. The predicted octanol–water partition coefficient (Wildman–Crippen LogP) is 2.29. The fourth-order valence-electron chi connectivity index (χ4n) is 3.23. The average molecular weight is 290 g/mol. The molecule has 4 rings (SSSR count). The van der Waals surface area contributed by atoms with E-state index in [1.165, 1.54) is 24.9 Å². The lowest BCUT2D eigenvalue weighted by Crippen LogP contribution is -2.26. The van der Waals surface area contributed by atoms with Crippen molar-refractivity contribution in [3.8, 4) is 5.75 Å². The number of halogens is 1. The average Bonchev–Trinajstić information content (AvgIpc) is 3.36. The summed E-state index contributed by atoms with van der Waals surface area (Å²) < 4.78 is 19.9. The monoisotopic (exact) mass is 290 g/mol. The summed E-state index contributed by atoms with van der Waals surface area (Å²) in [6, 6.07) is 4.09. The minimum atomic E-state index is -0.210. The lowest BCUT2D eigenvalue weighted by atomic mass is 9.99. The highest BCUT2D eigenvalue weighted by Gasteiger charge is 2.38. The summed E-state index contributed by atoms with van der Waals surface area (Å²) in [4.78, 5) is 4.67. The minimum Gasteiger partial charge on any atom is -0.489 e. The zero-order valence-electron chi connectivity index (χ0n) is 12.6. The second-order valence-corrected chi connectivity index (χ2v) is 6.90. The Morgan fingerprint density at radius 1 is 1.29 bits per heavy atom. The number of hydrogen-bond donors (Lipinski definition) is 0. The molecule has 4 heteroatoms. The second-order valence-electron chi connectivity index (χ2n) is 6.90. The molecule has 3 nitrogen and oxygen atoms in total. The molecule has 1 aliphatic carbocycles. The third-order valence-corrected chi connectivity index (χ3v) is 4.91. The van der Waals surface area contributed by atoms with Crippen molar-refractivity contribution in [2.75, 3.05) is 33.3 Å². The molecule has 1 aromatic carbocycles. The van der Waals surface area contributed by atoms with Gasteiger partial charge in [-0.2, -0.15) is 0 Å². The van der Waals surface area contributed by atoms with Gasteiger partial charge in [0.2, 0.25) is 0 Å². The van der Waals surface area contributed by atoms with E-state index in [0.29, 0.717) is 18.4 Å². The van der Waals surface area contributed by atoms with E-state index in [1.54, 1.807) is 6.07 Å². The van der Waals surface area contributed by atoms with Crippen LogP contribution in [0.4, 0.5) is 4.39 Å². The van der Waals surface area contributed by atoms with Gasteiger partial charge in [-0.3, -0.25) is 4.90 Å². The van der Waals surface area contributed by atoms with Crippen molar-refractivity contribution in [3.05, 3.63) is 29.1 Å². The van der Waals surface area contributed by atoms with Gasteiger partial charge in [-0.05, 0) is 55.5 Å². The fraction of sp³-hybridized carbons (Fsp3) is 0.647. The molecule has 2 aliphatic heterocycles. The standard InChI is InChI=1S/C17H23FN2O/c1-19-5-4-13-7-17(16(18)6-14(13)9-19)21-11-15-10-20(15)8-12-2-3-12/h6-7,12,15H,2-5,8-11H2,1H3. The van der Waals surface area contributed by atoms with Gasteiger partial charge in [-0.1, -0.05) is 0 Å². The Morgan fingerprint density at radius 3 is 2.95 bits per heavy atom. The SMILES string of the molecule is CN1CCc2cc(OCC3CN3CC3CC3)c(F)cc2C1. The van der Waals surface area contributed by atoms with E-state index in [2.05, 4.69) is 16.8 Å². The number of benzene rings is 1. The van der Waals surface area contributed by atoms with Crippen molar-refractivity contribution in [3.63, 3.8) is 0 Å². The molecule has 0 bridgehead atoms. The summed E-state index contributed by atoms with van der Waals surface area (Å²) in [5.41, 5.74) is 2.35. The zero-order chi connectivity index (χ0) is 14.4. The van der Waals surface area contributed by atoms with E-state index in [1.807, 2.05) is 6.07 Å². The highest BCUT2D eigenvalue weighted by molar-refractivity contribution is 5.38. The smallest absolute Gasteiger partial charge is 0.165 e. The first-order valence-corrected chi connectivity index (χ1v) is 8.06. The highest BCUT2D eigenvalue weighted by Crippen LogP contribution is 2.34. The lowest BCUT2D eigenvalue weighted by Gasteiger charge is -2.25. The van der Waals surface area contributed by atoms with E-state index < -0.39 is 0 Å². The molecule has 1 aromatic rings. The van der Waals surface area contributed by atoms with Crippen LogP contribution in [-0.2, 0) is 13.0 Å². The van der Waals surface area contributed by atoms with Crippen LogP contribution in [0.1, 0.15) is 24.0 Å². The van der Waals surface area contributed by atoms with Crippen molar-refractivity contribution >= 4 is 0 Å². The Labute approximate surface area is 125 Å². The molecule has 2 unspecified atom stereocenters. The number of ether oxygens (including phenoxy) is 1. The van der Waals surface area contributed by atoms with Gasteiger partial charge in [0.15, 0.2) is 11.6 Å². The molecule has 0 radical (unpaired) electrons. The van der Waals surface area contributed by atoms with E-state index in [0.717, 1.165) is 37.5 Å². The van der Waals surface area contributed by atoms with Crippen molar-refractivity contribution in [2.45, 2.75) is 31.8 Å². The maximum absolute atomic E-state index is 14.1. The molecule has 21 heavy (non-hydrogen) atoms. The van der Waals surface area contributed by atoms with Crippen molar-refractivity contribution in [1.29, 1.82) is 0 Å². The van der Waals surface area contributed by atoms with Gasteiger partial charge >= 0.3 is 0 Å². The minimum absolute atomic E-state index is 0.210. The van der Waals surface area contributed by atoms with Gasteiger partial charge in [0.25, 0.3) is 0 Å². The molecule has 114 valence electrons. The number of nitrogens with zero attached hydrogens (tertiary/aromatic N) is 2. The maximum Gasteiger partial charge on any atom is 0.165 e. The summed E-state index contributed by atoms with van der Waals surface area (Å²) in [5, 5.41) is 0. The lowest BCUT2D eigenvalue weighted by molar-refractivity contribution is 0.276. The molecule has 0 N–H and O–H groups in total. The van der Waals surface area contributed by atoms with Crippen LogP contribution in [0.3, 0.4) is 0 Å². The van der Waals surface area contributed by atoms with Crippen LogP contribution in [0.15, 0.2) is 12.1 Å². The fourth-order valence-corrected chi connectivity index (χ4v) is 3.23. The van der Waals surface area contributed by atoms with Gasteiger partial charge in [-0.15, -0.1) is 0 Å². The first kappa shape index (κ1) is 13.5. The summed E-state index contributed by atoms with van der Waals surface area (Å²) in [5.74, 6) is 1.16. The Hall–Kier alpha value is -1.13. The van der Waals surface area contributed by atoms with E-state index in [-0.39, 0.29) is 5.82 Å². The predicted molar refractivity (Wildman–Crippen MR) is 80.0 cm³/mol. The van der Waals surface area contributed by atoms with Crippen molar-refractivity contribution in [1.82, 2.24) is 9.80 Å². The maximum atomic E-state index is 14.1. The number of hydrogen-bond acceptors (Lipinski definition) is 3. The summed E-state index contributed by atoms with van der Waals surface area (Å²) >= 11 is 0. The molecular weight excluding hydrogens is 267 g/mol.